The second-order valence-electron chi connectivity index (χ2n) is 7.81. The van der Waals surface area contributed by atoms with Gasteiger partial charge >= 0.3 is 5.97 Å². The molecule has 152 valence electrons. The number of likely N-dealkylation sites (tertiary alicyclic amines) is 1. The van der Waals surface area contributed by atoms with Gasteiger partial charge in [-0.15, -0.1) is 0 Å². The number of benzene rings is 1. The number of carbonyl (C=O) groups is 3. The molecule has 6 nitrogen and oxygen atoms in total. The van der Waals surface area contributed by atoms with Crippen LogP contribution in [0.5, 0.6) is 0 Å². The van der Waals surface area contributed by atoms with Gasteiger partial charge < -0.3 is 15.0 Å². The van der Waals surface area contributed by atoms with Gasteiger partial charge in [-0.1, -0.05) is 49.6 Å². The first-order valence-electron chi connectivity index (χ1n) is 9.91. The van der Waals surface area contributed by atoms with Crippen LogP contribution in [0.4, 0.5) is 0 Å². The number of ether oxygens (including phenoxy) is 1. The molecule has 1 saturated heterocycles. The third-order valence-corrected chi connectivity index (χ3v) is 6.04. The number of rotatable bonds is 6. The van der Waals surface area contributed by atoms with Crippen LogP contribution in [0, 0.1) is 11.8 Å². The molecule has 0 bridgehead atoms. The summed E-state index contributed by atoms with van der Waals surface area (Å²) < 4.78 is 5.18. The quantitative estimate of drug-likeness (QED) is 0.737. The highest BCUT2D eigenvalue weighted by Crippen LogP contribution is 2.25. The zero-order valence-electron chi connectivity index (χ0n) is 16.2. The summed E-state index contributed by atoms with van der Waals surface area (Å²) in [5.74, 6) is -0.982. The van der Waals surface area contributed by atoms with Crippen LogP contribution < -0.4 is 5.32 Å². The highest BCUT2D eigenvalue weighted by atomic mass is 35.5. The summed E-state index contributed by atoms with van der Waals surface area (Å²) >= 11 is 6.15. The maximum Gasteiger partial charge on any atom is 0.311 e. The van der Waals surface area contributed by atoms with Crippen molar-refractivity contribution < 1.29 is 19.1 Å². The number of halogens is 1. The van der Waals surface area contributed by atoms with Crippen LogP contribution in [0.1, 0.15) is 44.6 Å². The van der Waals surface area contributed by atoms with E-state index in [1.165, 1.54) is 6.42 Å². The normalized spacial score (nSPS) is 24.9. The summed E-state index contributed by atoms with van der Waals surface area (Å²) in [7, 11) is 0. The van der Waals surface area contributed by atoms with Crippen molar-refractivity contribution in [1.82, 2.24) is 10.2 Å². The number of esters is 1. The SMILES string of the molecule is C[C@H]1CCCC[C@@H]1NC(=O)COC(=O)[C@@H]1CC(=O)N(Cc2ccccc2Cl)C1. The number of hydrogen-bond acceptors (Lipinski definition) is 4. The van der Waals surface area contributed by atoms with Gasteiger partial charge in [-0.3, -0.25) is 14.4 Å². The summed E-state index contributed by atoms with van der Waals surface area (Å²) in [5, 5.41) is 3.56. The highest BCUT2D eigenvalue weighted by molar-refractivity contribution is 6.31. The predicted molar refractivity (Wildman–Crippen MR) is 105 cm³/mol. The van der Waals surface area contributed by atoms with Gasteiger partial charge in [-0.05, 0) is 30.4 Å². The van der Waals surface area contributed by atoms with Crippen molar-refractivity contribution in [3.8, 4) is 0 Å². The van der Waals surface area contributed by atoms with Crippen LogP contribution in [0.3, 0.4) is 0 Å². The van der Waals surface area contributed by atoms with Crippen LogP contribution in [-0.2, 0) is 25.7 Å². The Bertz CT molecular complexity index is 739. The van der Waals surface area contributed by atoms with E-state index in [0.29, 0.717) is 17.5 Å². The van der Waals surface area contributed by atoms with Gasteiger partial charge in [0.2, 0.25) is 5.91 Å². The number of amides is 2. The van der Waals surface area contributed by atoms with Gasteiger partial charge in [-0.25, -0.2) is 0 Å². The maximum atomic E-state index is 12.3. The third kappa shape index (κ3) is 5.25. The summed E-state index contributed by atoms with van der Waals surface area (Å²) in [6, 6.07) is 7.47. The molecule has 1 aromatic rings. The zero-order chi connectivity index (χ0) is 20.1. The van der Waals surface area contributed by atoms with E-state index in [1.807, 2.05) is 18.2 Å². The van der Waals surface area contributed by atoms with E-state index in [9.17, 15) is 14.4 Å². The molecule has 2 aliphatic rings. The minimum Gasteiger partial charge on any atom is -0.455 e. The van der Waals surface area contributed by atoms with Crippen LogP contribution in [0.25, 0.3) is 0 Å². The van der Waals surface area contributed by atoms with Crippen molar-refractivity contribution >= 4 is 29.4 Å². The molecular formula is C21H27ClN2O4. The topological polar surface area (TPSA) is 75.7 Å². The fourth-order valence-corrected chi connectivity index (χ4v) is 4.14. The lowest BCUT2D eigenvalue weighted by atomic mass is 9.86. The number of nitrogens with one attached hydrogen (secondary N) is 1. The van der Waals surface area contributed by atoms with Crippen molar-refractivity contribution in [1.29, 1.82) is 0 Å². The Morgan fingerprint density at radius 2 is 2.00 bits per heavy atom. The van der Waals surface area contributed by atoms with Gasteiger partial charge in [0.1, 0.15) is 0 Å². The van der Waals surface area contributed by atoms with Gasteiger partial charge in [0.05, 0.1) is 5.92 Å². The van der Waals surface area contributed by atoms with Gasteiger partial charge in [0.15, 0.2) is 6.61 Å². The monoisotopic (exact) mass is 406 g/mol. The van der Waals surface area contributed by atoms with Crippen molar-refractivity contribution in [2.45, 2.75) is 51.6 Å². The fraction of sp³-hybridized carbons (Fsp3) is 0.571. The number of carbonyl (C=O) groups excluding carboxylic acids is 3. The molecule has 1 aliphatic heterocycles. The first kappa shape index (κ1) is 20.6. The molecule has 3 rings (SSSR count). The Labute approximate surface area is 170 Å². The highest BCUT2D eigenvalue weighted by Gasteiger charge is 2.36. The van der Waals surface area contributed by atoms with Crippen LogP contribution in [0.15, 0.2) is 24.3 Å². The molecular weight excluding hydrogens is 380 g/mol. The summed E-state index contributed by atoms with van der Waals surface area (Å²) in [5.41, 5.74) is 0.840. The Kier molecular flexibility index (Phi) is 6.94. The first-order valence-corrected chi connectivity index (χ1v) is 10.3. The standard InChI is InChI=1S/C21H27ClN2O4/c1-14-6-2-5-9-18(14)23-19(25)13-28-21(27)16-10-20(26)24(12-16)11-15-7-3-4-8-17(15)22/h3-4,7-8,14,16,18H,2,5-6,9-13H2,1H3,(H,23,25)/t14-,16+,18-/m0/s1. The van der Waals surface area contributed by atoms with Crippen molar-refractivity contribution in [2.24, 2.45) is 11.8 Å². The average molecular weight is 407 g/mol. The lowest BCUT2D eigenvalue weighted by Gasteiger charge is -2.29. The smallest absolute Gasteiger partial charge is 0.311 e. The summed E-state index contributed by atoms with van der Waals surface area (Å²) in [6.07, 6.45) is 4.49. The summed E-state index contributed by atoms with van der Waals surface area (Å²) in [4.78, 5) is 38.3. The Morgan fingerprint density at radius 1 is 1.25 bits per heavy atom. The van der Waals surface area contributed by atoms with Crippen LogP contribution in [-0.4, -0.2) is 41.9 Å². The second kappa shape index (κ2) is 9.41. The van der Waals surface area contributed by atoms with Gasteiger partial charge in [-0.2, -0.15) is 0 Å². The molecule has 7 heteroatoms. The van der Waals surface area contributed by atoms with E-state index >= 15 is 0 Å². The molecule has 1 saturated carbocycles. The molecule has 2 amide bonds. The number of hydrogen-bond donors (Lipinski definition) is 1. The van der Waals surface area contributed by atoms with Crippen LogP contribution >= 0.6 is 11.6 Å². The predicted octanol–water partition coefficient (Wildman–Crippen LogP) is 2.93. The lowest BCUT2D eigenvalue weighted by molar-refractivity contribution is -0.152. The Hall–Kier alpha value is -2.08. The molecule has 1 N–H and O–H groups in total. The molecule has 0 aromatic heterocycles. The van der Waals surface area contributed by atoms with E-state index in [-0.39, 0.29) is 37.4 Å². The zero-order valence-corrected chi connectivity index (χ0v) is 16.9. The minimum atomic E-state index is -0.545. The van der Waals surface area contributed by atoms with Crippen molar-refractivity contribution in [2.75, 3.05) is 13.2 Å². The minimum absolute atomic E-state index is 0.102. The van der Waals surface area contributed by atoms with Crippen molar-refractivity contribution in [3.63, 3.8) is 0 Å². The maximum absolute atomic E-state index is 12.3. The average Bonchev–Trinajstić information content (AvgIpc) is 3.04. The first-order chi connectivity index (χ1) is 13.4. The lowest BCUT2D eigenvalue weighted by Crippen LogP contribution is -2.43. The molecule has 0 spiro atoms. The fourth-order valence-electron chi connectivity index (χ4n) is 3.95. The molecule has 1 aliphatic carbocycles. The third-order valence-electron chi connectivity index (χ3n) is 5.67. The van der Waals surface area contributed by atoms with Crippen molar-refractivity contribution in [3.05, 3.63) is 34.9 Å². The van der Waals surface area contributed by atoms with E-state index in [1.54, 1.807) is 11.0 Å². The molecule has 1 aromatic carbocycles. The van der Waals surface area contributed by atoms with E-state index in [0.717, 1.165) is 24.8 Å². The Balaban J connectivity index is 1.45. The molecule has 28 heavy (non-hydrogen) atoms. The Morgan fingerprint density at radius 3 is 2.75 bits per heavy atom. The van der Waals surface area contributed by atoms with E-state index in [2.05, 4.69) is 12.2 Å². The molecule has 3 atom stereocenters. The number of nitrogens with zero attached hydrogens (tertiary/aromatic N) is 1. The van der Waals surface area contributed by atoms with E-state index in [4.69, 9.17) is 16.3 Å². The molecule has 1 heterocycles. The largest absolute Gasteiger partial charge is 0.455 e. The van der Waals surface area contributed by atoms with Crippen LogP contribution in [0.2, 0.25) is 5.02 Å². The molecule has 0 radical (unpaired) electrons. The van der Waals surface area contributed by atoms with Gasteiger partial charge in [0.25, 0.3) is 5.91 Å². The summed E-state index contributed by atoms with van der Waals surface area (Å²) in [6.45, 7) is 2.48. The van der Waals surface area contributed by atoms with Gasteiger partial charge in [0, 0.05) is 30.6 Å². The molecule has 0 unspecified atom stereocenters. The molecule has 2 fully saturated rings. The van der Waals surface area contributed by atoms with E-state index < -0.39 is 11.9 Å². The second-order valence-corrected chi connectivity index (χ2v) is 8.22.